The minimum absolute atomic E-state index is 0.00435. The third-order valence-corrected chi connectivity index (χ3v) is 3.78. The van der Waals surface area contributed by atoms with Crippen LogP contribution in [0.15, 0.2) is 43.0 Å². The molecule has 0 aliphatic carbocycles. The molecule has 0 unspecified atom stereocenters. The van der Waals surface area contributed by atoms with Gasteiger partial charge in [0.25, 0.3) is 0 Å². The Morgan fingerprint density at radius 2 is 2.09 bits per heavy atom. The molecule has 0 heterocycles. The fourth-order valence-corrected chi connectivity index (χ4v) is 2.78. The smallest absolute Gasteiger partial charge is 0.216 e. The van der Waals surface area contributed by atoms with Gasteiger partial charge in [0.15, 0.2) is 0 Å². The quantitative estimate of drug-likeness (QED) is 0.792. The first kappa shape index (κ1) is 16.1. The maximum Gasteiger partial charge on any atom is 0.216 e. The summed E-state index contributed by atoms with van der Waals surface area (Å²) in [5.41, 5.74) is 2.46. The van der Waals surface area contributed by atoms with E-state index in [-0.39, 0.29) is 5.91 Å². The zero-order valence-electron chi connectivity index (χ0n) is 13.3. The lowest BCUT2D eigenvalue weighted by Gasteiger charge is -2.15. The first-order valence-electron chi connectivity index (χ1n) is 7.60. The third-order valence-electron chi connectivity index (χ3n) is 3.78. The highest BCUT2D eigenvalue weighted by molar-refractivity contribution is 5.91. The summed E-state index contributed by atoms with van der Waals surface area (Å²) < 4.78 is 5.54. The predicted molar refractivity (Wildman–Crippen MR) is 91.4 cm³/mol. The molecule has 3 heteroatoms. The van der Waals surface area contributed by atoms with Gasteiger partial charge in [0.05, 0.1) is 7.11 Å². The summed E-state index contributed by atoms with van der Waals surface area (Å²) in [6.45, 7) is 6.00. The van der Waals surface area contributed by atoms with Crippen molar-refractivity contribution in [3.8, 4) is 5.75 Å². The lowest BCUT2D eigenvalue weighted by Crippen LogP contribution is -2.22. The number of amides is 1. The molecule has 2 rings (SSSR count). The summed E-state index contributed by atoms with van der Waals surface area (Å²) in [6.07, 6.45) is 4.56. The zero-order chi connectivity index (χ0) is 15.9. The van der Waals surface area contributed by atoms with E-state index >= 15 is 0 Å². The Bertz CT molecular complexity index is 676. The molecule has 1 N–H and O–H groups in total. The number of hydrogen-bond acceptors (Lipinski definition) is 2. The van der Waals surface area contributed by atoms with Crippen molar-refractivity contribution in [2.75, 3.05) is 13.7 Å². The zero-order valence-corrected chi connectivity index (χ0v) is 13.3. The SMILES string of the molecule is C=CCCc1c(OC)ccc2cccc(CCNC(C)=O)c12. The largest absolute Gasteiger partial charge is 0.496 e. The topological polar surface area (TPSA) is 38.3 Å². The van der Waals surface area contributed by atoms with Crippen LogP contribution in [0.2, 0.25) is 0 Å². The number of allylic oxidation sites excluding steroid dienone is 1. The molecule has 0 aromatic heterocycles. The number of rotatable bonds is 7. The van der Waals surface area contributed by atoms with E-state index in [0.29, 0.717) is 6.54 Å². The van der Waals surface area contributed by atoms with E-state index in [4.69, 9.17) is 4.74 Å². The van der Waals surface area contributed by atoms with Crippen LogP contribution in [-0.4, -0.2) is 19.6 Å². The number of nitrogens with one attached hydrogen (secondary N) is 1. The average Bonchev–Trinajstić information content (AvgIpc) is 2.52. The summed E-state index contributed by atoms with van der Waals surface area (Å²) >= 11 is 0. The highest BCUT2D eigenvalue weighted by Crippen LogP contribution is 2.32. The number of fused-ring (bicyclic) bond motifs is 1. The van der Waals surface area contributed by atoms with Crippen LogP contribution in [0.3, 0.4) is 0 Å². The van der Waals surface area contributed by atoms with Gasteiger partial charge in [0, 0.05) is 19.0 Å². The molecule has 0 saturated heterocycles. The van der Waals surface area contributed by atoms with Gasteiger partial charge in [0.1, 0.15) is 5.75 Å². The highest BCUT2D eigenvalue weighted by Gasteiger charge is 2.11. The van der Waals surface area contributed by atoms with Gasteiger partial charge in [-0.05, 0) is 41.7 Å². The highest BCUT2D eigenvalue weighted by atomic mass is 16.5. The first-order valence-corrected chi connectivity index (χ1v) is 7.60. The fourth-order valence-electron chi connectivity index (χ4n) is 2.78. The van der Waals surface area contributed by atoms with Crippen LogP contribution in [0, 0.1) is 0 Å². The molecule has 0 spiro atoms. The normalized spacial score (nSPS) is 10.5. The van der Waals surface area contributed by atoms with Crippen LogP contribution < -0.4 is 10.1 Å². The number of benzene rings is 2. The lowest BCUT2D eigenvalue weighted by atomic mass is 9.94. The Labute approximate surface area is 132 Å². The van der Waals surface area contributed by atoms with Gasteiger partial charge in [0.2, 0.25) is 5.91 Å². The van der Waals surface area contributed by atoms with Crippen molar-refractivity contribution in [1.82, 2.24) is 5.32 Å². The molecule has 0 radical (unpaired) electrons. The minimum atomic E-state index is 0.00435. The number of carbonyl (C=O) groups excluding carboxylic acids is 1. The fraction of sp³-hybridized carbons (Fsp3) is 0.316. The predicted octanol–water partition coefficient (Wildman–Crippen LogP) is 3.65. The Kier molecular flexibility index (Phi) is 5.59. The van der Waals surface area contributed by atoms with Crippen LogP contribution in [0.1, 0.15) is 24.5 Å². The lowest BCUT2D eigenvalue weighted by molar-refractivity contribution is -0.118. The molecule has 22 heavy (non-hydrogen) atoms. The van der Waals surface area contributed by atoms with Crippen molar-refractivity contribution in [1.29, 1.82) is 0 Å². The molecule has 0 atom stereocenters. The second kappa shape index (κ2) is 7.64. The molecule has 2 aromatic rings. The molecular weight excluding hydrogens is 274 g/mol. The number of aryl methyl sites for hydroxylation is 1. The van der Waals surface area contributed by atoms with E-state index in [2.05, 4.69) is 36.2 Å². The van der Waals surface area contributed by atoms with Crippen molar-refractivity contribution in [3.05, 3.63) is 54.1 Å². The Balaban J connectivity index is 2.46. The van der Waals surface area contributed by atoms with Gasteiger partial charge in [-0.3, -0.25) is 4.79 Å². The van der Waals surface area contributed by atoms with Crippen molar-refractivity contribution in [2.24, 2.45) is 0 Å². The van der Waals surface area contributed by atoms with Gasteiger partial charge >= 0.3 is 0 Å². The number of methoxy groups -OCH3 is 1. The summed E-state index contributed by atoms with van der Waals surface area (Å²) in [5.74, 6) is 0.922. The van der Waals surface area contributed by atoms with E-state index in [1.54, 1.807) is 14.0 Å². The molecule has 3 nitrogen and oxygen atoms in total. The van der Waals surface area contributed by atoms with E-state index in [1.165, 1.54) is 21.9 Å². The Morgan fingerprint density at radius 3 is 2.77 bits per heavy atom. The van der Waals surface area contributed by atoms with E-state index in [1.807, 2.05) is 12.1 Å². The van der Waals surface area contributed by atoms with Crippen LogP contribution in [-0.2, 0) is 17.6 Å². The maximum absolute atomic E-state index is 11.1. The summed E-state index contributed by atoms with van der Waals surface area (Å²) in [6, 6.07) is 10.4. The molecular formula is C19H23NO2. The van der Waals surface area contributed by atoms with Gasteiger partial charge in [-0.2, -0.15) is 0 Å². The van der Waals surface area contributed by atoms with E-state index < -0.39 is 0 Å². The number of ether oxygens (including phenoxy) is 1. The number of hydrogen-bond donors (Lipinski definition) is 1. The Hall–Kier alpha value is -2.29. The molecule has 0 aliphatic rings. The second-order valence-corrected chi connectivity index (χ2v) is 5.32. The molecule has 1 amide bonds. The van der Waals surface area contributed by atoms with E-state index in [0.717, 1.165) is 25.0 Å². The van der Waals surface area contributed by atoms with Gasteiger partial charge < -0.3 is 10.1 Å². The van der Waals surface area contributed by atoms with E-state index in [9.17, 15) is 4.79 Å². The standard InChI is InChI=1S/C19H23NO2/c1-4-5-9-17-18(22-3)11-10-15-7-6-8-16(19(15)17)12-13-20-14(2)21/h4,6-8,10-11H,1,5,9,12-13H2,2-3H3,(H,20,21). The first-order chi connectivity index (χ1) is 10.7. The second-order valence-electron chi connectivity index (χ2n) is 5.32. The van der Waals surface area contributed by atoms with Gasteiger partial charge in [-0.1, -0.05) is 30.3 Å². The molecule has 2 aromatic carbocycles. The number of carbonyl (C=O) groups is 1. The van der Waals surface area contributed by atoms with Crippen LogP contribution >= 0.6 is 0 Å². The summed E-state index contributed by atoms with van der Waals surface area (Å²) in [4.78, 5) is 11.1. The molecule has 0 saturated carbocycles. The average molecular weight is 297 g/mol. The molecule has 0 aliphatic heterocycles. The maximum atomic E-state index is 11.1. The third kappa shape index (κ3) is 3.67. The van der Waals surface area contributed by atoms with Crippen molar-refractivity contribution < 1.29 is 9.53 Å². The van der Waals surface area contributed by atoms with Crippen LogP contribution in [0.5, 0.6) is 5.75 Å². The molecule has 0 bridgehead atoms. The van der Waals surface area contributed by atoms with Crippen molar-refractivity contribution in [2.45, 2.75) is 26.2 Å². The Morgan fingerprint density at radius 1 is 1.27 bits per heavy atom. The minimum Gasteiger partial charge on any atom is -0.496 e. The summed E-state index contributed by atoms with van der Waals surface area (Å²) in [7, 11) is 1.71. The van der Waals surface area contributed by atoms with Gasteiger partial charge in [-0.25, -0.2) is 0 Å². The van der Waals surface area contributed by atoms with Crippen LogP contribution in [0.4, 0.5) is 0 Å². The van der Waals surface area contributed by atoms with Crippen molar-refractivity contribution >= 4 is 16.7 Å². The van der Waals surface area contributed by atoms with Crippen molar-refractivity contribution in [3.63, 3.8) is 0 Å². The monoisotopic (exact) mass is 297 g/mol. The summed E-state index contributed by atoms with van der Waals surface area (Å²) in [5, 5.41) is 5.32. The van der Waals surface area contributed by atoms with Gasteiger partial charge in [-0.15, -0.1) is 6.58 Å². The molecule has 116 valence electrons. The van der Waals surface area contributed by atoms with Crippen LogP contribution in [0.25, 0.3) is 10.8 Å². The molecule has 0 fully saturated rings.